The highest BCUT2D eigenvalue weighted by molar-refractivity contribution is 6.93. The van der Waals surface area contributed by atoms with Gasteiger partial charge in [0.2, 0.25) is 23.0 Å². The molecule has 0 saturated heterocycles. The van der Waals surface area contributed by atoms with E-state index in [1.54, 1.807) is 0 Å². The first kappa shape index (κ1) is 122. The number of hydrogen-bond acceptors (Lipinski definition) is 13. The van der Waals surface area contributed by atoms with E-state index in [0.29, 0.717) is 69.0 Å². The third kappa shape index (κ3) is 44.9. The number of rotatable bonds is 78. The zero-order valence-electron chi connectivity index (χ0n) is 94.9. The molecule has 15 heteroatoms. The van der Waals surface area contributed by atoms with Gasteiger partial charge in [-0.25, -0.2) is 0 Å². The predicted octanol–water partition coefficient (Wildman–Crippen LogP) is 35.5. The molecule has 0 aliphatic carbocycles. The highest BCUT2D eigenvalue weighted by Gasteiger charge is 2.47. The Morgan fingerprint density at radius 3 is 0.378 bits per heavy atom. The predicted molar refractivity (Wildman–Crippen MR) is 583 cm³/mol. The lowest BCUT2D eigenvalue weighted by Gasteiger charge is -2.39. The molecule has 2 radical (unpaired) electrons. The van der Waals surface area contributed by atoms with Crippen molar-refractivity contribution in [2.24, 2.45) is 0 Å². The summed E-state index contributed by atoms with van der Waals surface area (Å²) in [6.07, 6.45) is 47.0. The second-order valence-electron chi connectivity index (χ2n) is 47.7. The quantitative estimate of drug-likeness (QED) is 0.0308. The molecule has 0 N–H and O–H groups in total. The molecule has 0 atom stereocenters. The molecule has 13 nitrogen and oxygen atoms in total. The minimum absolute atomic E-state index is 0.564. The summed E-state index contributed by atoms with van der Waals surface area (Å²) in [6.45, 7) is 81.7. The molecule has 0 amide bonds. The first-order chi connectivity index (χ1) is 63.3. The van der Waals surface area contributed by atoms with Crippen molar-refractivity contribution < 1.29 is 61.0 Å². The van der Waals surface area contributed by atoms with Crippen LogP contribution in [0, 0.1) is 0 Å². The maximum atomic E-state index is 9.59. The van der Waals surface area contributed by atoms with Crippen LogP contribution in [0.25, 0.3) is 0 Å². The maximum absolute atomic E-state index is 9.59. The minimum atomic E-state index is -3.10. The zero-order valence-corrected chi connectivity index (χ0v) is 96.9. The molecular formula is C120H212O13Si2. The molecule has 0 spiro atoms. The van der Waals surface area contributed by atoms with E-state index in [1.165, 1.54) is 0 Å². The van der Waals surface area contributed by atoms with E-state index in [4.69, 9.17) is 56.8 Å². The van der Waals surface area contributed by atoms with Crippen molar-refractivity contribution in [2.75, 3.05) is 0 Å². The summed E-state index contributed by atoms with van der Waals surface area (Å²) in [4.78, 5) is 0. The Kier molecular flexibility index (Phi) is 52.9. The number of hydrogen-bond donors (Lipinski definition) is 0. The van der Waals surface area contributed by atoms with Crippen molar-refractivity contribution in [1.29, 1.82) is 0 Å². The van der Waals surface area contributed by atoms with Crippen LogP contribution < -0.4 is 77.6 Å². The van der Waals surface area contributed by atoms with Gasteiger partial charge in [-0.2, -0.15) is 0 Å². The molecule has 4 aromatic carbocycles. The van der Waals surface area contributed by atoms with Crippen molar-refractivity contribution in [1.82, 2.24) is 0 Å². The standard InChI is InChI=1S/C120H212O13Si2/c1-37-49-61-81-109(13,14)121-93-73-77-97(105(129-117(29,30)89-69-57-45-9)101(93)125-113(21,22)85-65-53-41-5)134(98-78-74-94(122-110(15,16)82-62-50-38-2)102(126-114(23,24)86-66-54-42-6)106(98)130-118(31,32)90-70-58-46-10)133-135(99-79-75-95(123-111(17,18)83-63-51-39-3)103(127-115(25,26)87-67-55-43-7)107(99)131-119(33,34)91-71-59-47-11)100-80-76-96(124-112(19,20)84-64-52-40-4)104(128-116(27,28)88-68-56-44-8)108(100)132-120(35,36)92-72-60-48-12/h73-80H,37-72,81-92H2,1-36H3. The Morgan fingerprint density at radius 1 is 0.148 bits per heavy atom. The van der Waals surface area contributed by atoms with Crippen molar-refractivity contribution >= 4 is 38.8 Å². The average Bonchev–Trinajstić information content (AvgIpc) is 0.738. The molecule has 0 unspecified atom stereocenters. The van der Waals surface area contributed by atoms with Gasteiger partial charge >= 0.3 is 0 Å². The molecule has 4 aromatic rings. The number of benzene rings is 4. The van der Waals surface area contributed by atoms with E-state index in [2.05, 4.69) is 298 Å². The van der Waals surface area contributed by atoms with Gasteiger partial charge < -0.3 is 61.0 Å². The maximum Gasteiger partial charge on any atom is 0.280 e. The van der Waals surface area contributed by atoms with Crippen molar-refractivity contribution in [2.45, 2.75) is 625 Å². The third-order valence-electron chi connectivity index (χ3n) is 26.6. The zero-order chi connectivity index (χ0) is 101. The molecule has 4 rings (SSSR count). The SMILES string of the molecule is CCCCCC(C)(C)Oc1ccc([Si](O[Si](c2ccc(OC(C)(C)CCCCC)c(OC(C)(C)CCCCC)c2OC(C)(C)CCCCC)c2ccc(OC(C)(C)CCCCC)c(OC(C)(C)CCCCC)c2OC(C)(C)CCCCC)c2ccc(OC(C)(C)CCCCC)c(OC(C)(C)CCCCC)c2OC(C)(C)CCCCC)c(OC(C)(C)CCCCC)c1OC(C)(C)CCCCC. The summed E-state index contributed by atoms with van der Waals surface area (Å²) in [6, 6.07) is 18.0. The lowest BCUT2D eigenvalue weighted by molar-refractivity contribution is 0.0493. The molecule has 0 heterocycles. The van der Waals surface area contributed by atoms with Crippen LogP contribution in [0.1, 0.15) is 557 Å². The van der Waals surface area contributed by atoms with Gasteiger partial charge in [0.1, 0.15) is 67.2 Å². The second-order valence-corrected chi connectivity index (χ2v) is 52.0. The lowest BCUT2D eigenvalue weighted by atomic mass is 9.99. The topological polar surface area (TPSA) is 120 Å². The molecule has 0 aromatic heterocycles. The largest absolute Gasteiger partial charge is 0.484 e. The Hall–Kier alpha value is -5.13. The van der Waals surface area contributed by atoms with Crippen molar-refractivity contribution in [3.63, 3.8) is 0 Å². The lowest BCUT2D eigenvalue weighted by Crippen LogP contribution is -2.58. The van der Waals surface area contributed by atoms with Gasteiger partial charge in [-0.15, -0.1) is 0 Å². The van der Waals surface area contributed by atoms with Crippen LogP contribution in [0.2, 0.25) is 0 Å². The van der Waals surface area contributed by atoms with E-state index in [-0.39, 0.29) is 0 Å². The molecule has 778 valence electrons. The summed E-state index contributed by atoms with van der Waals surface area (Å²) in [7, 11) is -6.21. The molecule has 0 fully saturated rings. The smallest absolute Gasteiger partial charge is 0.280 e. The van der Waals surface area contributed by atoms with Gasteiger partial charge in [0.15, 0.2) is 46.0 Å². The van der Waals surface area contributed by atoms with Crippen molar-refractivity contribution in [3.05, 3.63) is 48.5 Å². The molecule has 0 bridgehead atoms. The van der Waals surface area contributed by atoms with E-state index < -0.39 is 85.3 Å². The van der Waals surface area contributed by atoms with Crippen LogP contribution in [-0.4, -0.2) is 85.3 Å². The van der Waals surface area contributed by atoms with E-state index in [9.17, 15) is 4.12 Å². The van der Waals surface area contributed by atoms with Crippen LogP contribution in [0.5, 0.6) is 69.0 Å². The van der Waals surface area contributed by atoms with Crippen LogP contribution in [0.4, 0.5) is 0 Å². The summed E-state index contributed by atoms with van der Waals surface area (Å²) in [5.74, 6) is 7.13. The van der Waals surface area contributed by atoms with Crippen molar-refractivity contribution in [3.8, 4) is 69.0 Å². The van der Waals surface area contributed by atoms with Crippen LogP contribution in [-0.2, 0) is 4.12 Å². The van der Waals surface area contributed by atoms with E-state index in [1.807, 2.05) is 0 Å². The normalized spacial score (nSPS) is 13.1. The van der Waals surface area contributed by atoms with Gasteiger partial charge in [0, 0.05) is 20.7 Å². The Balaban J connectivity index is 3.00. The molecule has 135 heavy (non-hydrogen) atoms. The first-order valence-electron chi connectivity index (χ1n) is 55.7. The molecule has 0 aliphatic heterocycles. The summed E-state index contributed by atoms with van der Waals surface area (Å²) in [5, 5.41) is 3.30. The van der Waals surface area contributed by atoms with Crippen LogP contribution in [0.3, 0.4) is 0 Å². The molecule has 0 saturated carbocycles. The average molecular weight is 1920 g/mol. The number of unbranched alkanes of at least 4 members (excludes halogenated alkanes) is 24. The highest BCUT2D eigenvalue weighted by atomic mass is 28.4. The van der Waals surface area contributed by atoms with Gasteiger partial charge in [-0.1, -0.05) is 261 Å². The highest BCUT2D eigenvalue weighted by Crippen LogP contribution is 2.51. The molecule has 0 aliphatic rings. The Morgan fingerprint density at radius 2 is 0.259 bits per heavy atom. The fourth-order valence-electron chi connectivity index (χ4n) is 18.2. The van der Waals surface area contributed by atoms with Gasteiger partial charge in [-0.3, -0.25) is 0 Å². The molecular weight excluding hydrogens is 1710 g/mol. The second kappa shape index (κ2) is 58.5. The van der Waals surface area contributed by atoms with Gasteiger partial charge in [-0.05, 0) is 345 Å². The Labute approximate surface area is 836 Å². The summed E-state index contributed by atoms with van der Waals surface area (Å²) < 4.78 is 106. The van der Waals surface area contributed by atoms with E-state index >= 15 is 0 Å². The third-order valence-corrected chi connectivity index (χ3v) is 31.8. The van der Waals surface area contributed by atoms with E-state index in [0.717, 1.165) is 329 Å². The van der Waals surface area contributed by atoms with Crippen LogP contribution >= 0.6 is 0 Å². The van der Waals surface area contributed by atoms with Gasteiger partial charge in [0.25, 0.3) is 18.1 Å². The Bertz CT molecular complexity index is 3440. The summed E-state index contributed by atoms with van der Waals surface area (Å²) in [5.41, 5.74) is -8.43. The fraction of sp³-hybridized carbons (Fsp3) is 0.800. The van der Waals surface area contributed by atoms with Gasteiger partial charge in [0.05, 0.1) is 0 Å². The monoisotopic (exact) mass is 1920 g/mol. The van der Waals surface area contributed by atoms with Crippen LogP contribution in [0.15, 0.2) is 48.5 Å². The first-order valence-corrected chi connectivity index (χ1v) is 58.5. The fourth-order valence-corrected chi connectivity index (χ4v) is 23.8. The number of ether oxygens (including phenoxy) is 12. The minimum Gasteiger partial charge on any atom is -0.484 e. The summed E-state index contributed by atoms with van der Waals surface area (Å²) >= 11 is 0.